The summed E-state index contributed by atoms with van der Waals surface area (Å²) in [5, 5.41) is 0. The minimum atomic E-state index is -0.0482. The van der Waals surface area contributed by atoms with Gasteiger partial charge in [0.25, 0.3) is 5.91 Å². The summed E-state index contributed by atoms with van der Waals surface area (Å²) in [6.45, 7) is 5.05. The van der Waals surface area contributed by atoms with Gasteiger partial charge in [0.1, 0.15) is 5.75 Å². The molecule has 1 aromatic heterocycles. The molecule has 0 saturated heterocycles. The Kier molecular flexibility index (Phi) is 3.39. The quantitative estimate of drug-likeness (QED) is 0.855. The topological polar surface area (TPSA) is 42.4 Å². The standard InChI is InChI=1S/C18H20N2O2/c1-18(2)11-22-16-8-12(5-6-15(16)18)13-7-14(10-19-9-13)17(21)20(3)4/h5-10H,11H2,1-4H3. The van der Waals surface area contributed by atoms with Crippen molar-refractivity contribution >= 4 is 5.91 Å². The highest BCUT2D eigenvalue weighted by molar-refractivity contribution is 5.94. The van der Waals surface area contributed by atoms with Crippen molar-refractivity contribution in [2.45, 2.75) is 19.3 Å². The number of benzene rings is 1. The van der Waals surface area contributed by atoms with Crippen molar-refractivity contribution in [2.75, 3.05) is 20.7 Å². The summed E-state index contributed by atoms with van der Waals surface area (Å²) in [5.74, 6) is 0.875. The van der Waals surface area contributed by atoms with E-state index >= 15 is 0 Å². The maximum atomic E-state index is 12.1. The van der Waals surface area contributed by atoms with Gasteiger partial charge in [-0.1, -0.05) is 26.0 Å². The van der Waals surface area contributed by atoms with Gasteiger partial charge >= 0.3 is 0 Å². The maximum Gasteiger partial charge on any atom is 0.254 e. The van der Waals surface area contributed by atoms with Gasteiger partial charge in [-0.3, -0.25) is 9.78 Å². The predicted molar refractivity (Wildman–Crippen MR) is 86.2 cm³/mol. The molecule has 2 heterocycles. The number of amides is 1. The van der Waals surface area contributed by atoms with Crippen LogP contribution in [0.1, 0.15) is 29.8 Å². The summed E-state index contributed by atoms with van der Waals surface area (Å²) < 4.78 is 5.80. The van der Waals surface area contributed by atoms with Crippen LogP contribution in [0.2, 0.25) is 0 Å². The van der Waals surface area contributed by atoms with E-state index in [0.717, 1.165) is 16.9 Å². The molecule has 0 unspecified atom stereocenters. The molecule has 1 aromatic carbocycles. The number of fused-ring (bicyclic) bond motifs is 1. The molecule has 1 amide bonds. The number of carbonyl (C=O) groups is 1. The lowest BCUT2D eigenvalue weighted by Crippen LogP contribution is -2.21. The van der Waals surface area contributed by atoms with Crippen molar-refractivity contribution in [3.63, 3.8) is 0 Å². The number of ether oxygens (including phenoxy) is 1. The van der Waals surface area contributed by atoms with Crippen molar-refractivity contribution in [3.05, 3.63) is 47.8 Å². The molecule has 0 atom stereocenters. The van der Waals surface area contributed by atoms with Gasteiger partial charge in [0.05, 0.1) is 12.2 Å². The van der Waals surface area contributed by atoms with E-state index in [2.05, 4.69) is 31.0 Å². The molecule has 3 rings (SSSR count). The molecular formula is C18H20N2O2. The van der Waals surface area contributed by atoms with Crippen LogP contribution in [0.5, 0.6) is 5.75 Å². The lowest BCUT2D eigenvalue weighted by Gasteiger charge is -2.15. The second-order valence-corrected chi connectivity index (χ2v) is 6.55. The van der Waals surface area contributed by atoms with Crippen molar-refractivity contribution in [1.29, 1.82) is 0 Å². The summed E-state index contributed by atoms with van der Waals surface area (Å²) >= 11 is 0. The first-order valence-corrected chi connectivity index (χ1v) is 7.33. The summed E-state index contributed by atoms with van der Waals surface area (Å²) in [5.41, 5.74) is 3.80. The summed E-state index contributed by atoms with van der Waals surface area (Å²) in [7, 11) is 3.47. The molecule has 0 bridgehead atoms. The second-order valence-electron chi connectivity index (χ2n) is 6.55. The molecule has 0 fully saturated rings. The number of carbonyl (C=O) groups excluding carboxylic acids is 1. The largest absolute Gasteiger partial charge is 0.492 e. The number of pyridine rings is 1. The number of hydrogen-bond acceptors (Lipinski definition) is 3. The van der Waals surface area contributed by atoms with E-state index in [0.29, 0.717) is 12.2 Å². The minimum Gasteiger partial charge on any atom is -0.492 e. The van der Waals surface area contributed by atoms with Crippen LogP contribution < -0.4 is 4.74 Å². The molecule has 22 heavy (non-hydrogen) atoms. The van der Waals surface area contributed by atoms with E-state index < -0.39 is 0 Å². The molecule has 4 heteroatoms. The van der Waals surface area contributed by atoms with E-state index in [1.54, 1.807) is 31.4 Å². The molecule has 0 saturated carbocycles. The first-order chi connectivity index (χ1) is 10.4. The van der Waals surface area contributed by atoms with Gasteiger partial charge in [0.2, 0.25) is 0 Å². The fraction of sp³-hybridized carbons (Fsp3) is 0.333. The van der Waals surface area contributed by atoms with Crippen molar-refractivity contribution < 1.29 is 9.53 Å². The highest BCUT2D eigenvalue weighted by Crippen LogP contribution is 2.40. The molecule has 0 aliphatic carbocycles. The smallest absolute Gasteiger partial charge is 0.254 e. The molecule has 1 aliphatic rings. The minimum absolute atomic E-state index is 0.0482. The molecule has 0 N–H and O–H groups in total. The van der Waals surface area contributed by atoms with E-state index in [1.165, 1.54) is 5.56 Å². The summed E-state index contributed by atoms with van der Waals surface area (Å²) in [6.07, 6.45) is 3.37. The molecule has 4 nitrogen and oxygen atoms in total. The zero-order chi connectivity index (χ0) is 15.9. The first kappa shape index (κ1) is 14.6. The SMILES string of the molecule is CN(C)C(=O)c1cncc(-c2ccc3c(c2)OCC3(C)C)c1. The molecular weight excluding hydrogens is 276 g/mol. The third-order valence-electron chi connectivity index (χ3n) is 4.02. The fourth-order valence-electron chi connectivity index (χ4n) is 2.69. The van der Waals surface area contributed by atoms with E-state index in [4.69, 9.17) is 4.74 Å². The average Bonchev–Trinajstić information content (AvgIpc) is 2.81. The molecule has 0 radical (unpaired) electrons. The maximum absolute atomic E-state index is 12.1. The van der Waals surface area contributed by atoms with Crippen molar-refractivity contribution in [2.24, 2.45) is 0 Å². The predicted octanol–water partition coefficient (Wildman–Crippen LogP) is 3.12. The Bertz CT molecular complexity index is 736. The van der Waals surface area contributed by atoms with Crippen LogP contribution in [-0.4, -0.2) is 36.5 Å². The normalized spacial score (nSPS) is 15.1. The molecule has 0 spiro atoms. The average molecular weight is 296 g/mol. The Labute approximate surface area is 130 Å². The van der Waals surface area contributed by atoms with E-state index in [-0.39, 0.29) is 11.3 Å². The fourth-order valence-corrected chi connectivity index (χ4v) is 2.69. The monoisotopic (exact) mass is 296 g/mol. The van der Waals surface area contributed by atoms with Crippen LogP contribution in [0.25, 0.3) is 11.1 Å². The van der Waals surface area contributed by atoms with Crippen molar-refractivity contribution in [1.82, 2.24) is 9.88 Å². The lowest BCUT2D eigenvalue weighted by atomic mass is 9.86. The van der Waals surface area contributed by atoms with Crippen LogP contribution >= 0.6 is 0 Å². The third kappa shape index (κ3) is 2.45. The Hall–Kier alpha value is -2.36. The Morgan fingerprint density at radius 2 is 1.95 bits per heavy atom. The zero-order valence-corrected chi connectivity index (χ0v) is 13.4. The van der Waals surface area contributed by atoms with Gasteiger partial charge in [0, 0.05) is 43.0 Å². The highest BCUT2D eigenvalue weighted by Gasteiger charge is 2.31. The summed E-state index contributed by atoms with van der Waals surface area (Å²) in [4.78, 5) is 17.8. The van der Waals surface area contributed by atoms with Crippen LogP contribution in [-0.2, 0) is 5.41 Å². The third-order valence-corrected chi connectivity index (χ3v) is 4.02. The Morgan fingerprint density at radius 3 is 2.68 bits per heavy atom. The zero-order valence-electron chi connectivity index (χ0n) is 13.4. The number of hydrogen-bond donors (Lipinski definition) is 0. The molecule has 114 valence electrons. The van der Waals surface area contributed by atoms with Gasteiger partial charge in [-0.15, -0.1) is 0 Å². The Morgan fingerprint density at radius 1 is 1.18 bits per heavy atom. The van der Waals surface area contributed by atoms with Gasteiger partial charge in [-0.2, -0.15) is 0 Å². The van der Waals surface area contributed by atoms with Gasteiger partial charge in [0.15, 0.2) is 0 Å². The van der Waals surface area contributed by atoms with E-state index in [1.807, 2.05) is 12.1 Å². The summed E-state index contributed by atoms with van der Waals surface area (Å²) in [6, 6.07) is 8.08. The first-order valence-electron chi connectivity index (χ1n) is 7.33. The Balaban J connectivity index is 1.99. The van der Waals surface area contributed by atoms with Gasteiger partial charge in [-0.25, -0.2) is 0 Å². The molecule has 1 aliphatic heterocycles. The molecule has 2 aromatic rings. The number of rotatable bonds is 2. The van der Waals surface area contributed by atoms with Crippen LogP contribution in [0, 0.1) is 0 Å². The van der Waals surface area contributed by atoms with Gasteiger partial charge < -0.3 is 9.64 Å². The van der Waals surface area contributed by atoms with Crippen LogP contribution in [0.15, 0.2) is 36.7 Å². The lowest BCUT2D eigenvalue weighted by molar-refractivity contribution is 0.0827. The second kappa shape index (κ2) is 5.13. The highest BCUT2D eigenvalue weighted by atomic mass is 16.5. The van der Waals surface area contributed by atoms with Crippen molar-refractivity contribution in [3.8, 4) is 16.9 Å². The van der Waals surface area contributed by atoms with Gasteiger partial charge in [-0.05, 0) is 17.7 Å². The van der Waals surface area contributed by atoms with E-state index in [9.17, 15) is 4.79 Å². The van der Waals surface area contributed by atoms with Crippen LogP contribution in [0.3, 0.4) is 0 Å². The number of aromatic nitrogens is 1. The van der Waals surface area contributed by atoms with Crippen LogP contribution in [0.4, 0.5) is 0 Å². The number of nitrogens with zero attached hydrogens (tertiary/aromatic N) is 2.